The minimum absolute atomic E-state index is 0.101. The molecule has 1 rings (SSSR count). The first-order valence-electron chi connectivity index (χ1n) is 3.70. The van der Waals surface area contributed by atoms with E-state index in [0.29, 0.717) is 0 Å². The normalized spacial score (nSPS) is 9.77. The van der Waals surface area contributed by atoms with Gasteiger partial charge in [0.15, 0.2) is 5.78 Å². The number of hydrogen-bond donors (Lipinski definition) is 1. The van der Waals surface area contributed by atoms with E-state index in [4.69, 9.17) is 10.5 Å². The van der Waals surface area contributed by atoms with Gasteiger partial charge in [-0.25, -0.2) is 4.39 Å². The van der Waals surface area contributed by atoms with Gasteiger partial charge in [0.2, 0.25) is 0 Å². The van der Waals surface area contributed by atoms with Crippen molar-refractivity contribution < 1.29 is 13.9 Å². The van der Waals surface area contributed by atoms with Gasteiger partial charge in [0, 0.05) is 11.8 Å². The fraction of sp³-hybridized carbons (Fsp3) is 0.222. The third-order valence-electron chi connectivity index (χ3n) is 1.67. The molecule has 0 fully saturated rings. The van der Waals surface area contributed by atoms with E-state index in [1.165, 1.54) is 14.0 Å². The van der Waals surface area contributed by atoms with Gasteiger partial charge in [-0.2, -0.15) is 0 Å². The number of benzene rings is 1. The lowest BCUT2D eigenvalue weighted by Crippen LogP contribution is -2.03. The number of nitrogen functional groups attached to an aromatic ring is 1. The van der Waals surface area contributed by atoms with Crippen LogP contribution in [0.4, 0.5) is 10.1 Å². The van der Waals surface area contributed by atoms with Gasteiger partial charge in [-0.15, -0.1) is 0 Å². The number of carbonyl (C=O) groups is 1. The molecule has 0 saturated carbocycles. The molecule has 0 spiro atoms. The molecule has 0 aromatic heterocycles. The van der Waals surface area contributed by atoms with E-state index >= 15 is 0 Å². The zero-order valence-corrected chi connectivity index (χ0v) is 7.43. The standard InChI is InChI=1S/C9H10FNO2/c1-5(12)9-7(11)3-6(10)4-8(9)13-2/h3-4H,11H2,1-2H3. The summed E-state index contributed by atoms with van der Waals surface area (Å²) in [7, 11) is 1.36. The summed E-state index contributed by atoms with van der Waals surface area (Å²) < 4.78 is 17.6. The number of carbonyl (C=O) groups excluding carboxylic acids is 1. The Hall–Kier alpha value is -1.58. The molecule has 0 heterocycles. The molecule has 0 radical (unpaired) electrons. The van der Waals surface area contributed by atoms with Gasteiger partial charge >= 0.3 is 0 Å². The van der Waals surface area contributed by atoms with Crippen LogP contribution in [0.1, 0.15) is 17.3 Å². The lowest BCUT2D eigenvalue weighted by molar-refractivity contribution is 0.101. The molecule has 3 nitrogen and oxygen atoms in total. The van der Waals surface area contributed by atoms with Crippen molar-refractivity contribution >= 4 is 11.5 Å². The van der Waals surface area contributed by atoms with Crippen LogP contribution in [-0.2, 0) is 0 Å². The first-order chi connectivity index (χ1) is 6.06. The average Bonchev–Trinajstić information content (AvgIpc) is 2.01. The van der Waals surface area contributed by atoms with Crippen molar-refractivity contribution in [3.63, 3.8) is 0 Å². The Kier molecular flexibility index (Phi) is 2.51. The van der Waals surface area contributed by atoms with Crippen LogP contribution in [-0.4, -0.2) is 12.9 Å². The lowest BCUT2D eigenvalue weighted by Gasteiger charge is -2.08. The van der Waals surface area contributed by atoms with Crippen molar-refractivity contribution in [1.82, 2.24) is 0 Å². The summed E-state index contributed by atoms with van der Waals surface area (Å²) in [6.07, 6.45) is 0. The number of Topliss-reactive ketones (excluding diaryl/α,β-unsaturated/α-hetero) is 1. The Bertz CT molecular complexity index is 350. The quantitative estimate of drug-likeness (QED) is 0.560. The fourth-order valence-corrected chi connectivity index (χ4v) is 1.14. The van der Waals surface area contributed by atoms with Crippen LogP contribution < -0.4 is 10.5 Å². The van der Waals surface area contributed by atoms with E-state index in [1.807, 2.05) is 0 Å². The summed E-state index contributed by atoms with van der Waals surface area (Å²) in [6, 6.07) is 2.23. The number of methoxy groups -OCH3 is 1. The first-order valence-corrected chi connectivity index (χ1v) is 3.70. The van der Waals surface area contributed by atoms with Crippen LogP contribution in [0.5, 0.6) is 5.75 Å². The van der Waals surface area contributed by atoms with Crippen molar-refractivity contribution in [1.29, 1.82) is 0 Å². The number of ketones is 1. The number of nitrogens with two attached hydrogens (primary N) is 1. The molecule has 2 N–H and O–H groups in total. The molecule has 1 aromatic carbocycles. The molecule has 0 bridgehead atoms. The fourth-order valence-electron chi connectivity index (χ4n) is 1.14. The number of ether oxygens (including phenoxy) is 1. The van der Waals surface area contributed by atoms with Crippen molar-refractivity contribution in [2.75, 3.05) is 12.8 Å². The van der Waals surface area contributed by atoms with E-state index < -0.39 is 5.82 Å². The molecule has 0 aliphatic rings. The Labute approximate surface area is 75.3 Å². The summed E-state index contributed by atoms with van der Waals surface area (Å²) in [6.45, 7) is 1.35. The highest BCUT2D eigenvalue weighted by Gasteiger charge is 2.13. The minimum atomic E-state index is -0.514. The van der Waals surface area contributed by atoms with E-state index in [9.17, 15) is 9.18 Å². The average molecular weight is 183 g/mol. The Morgan fingerprint density at radius 1 is 1.54 bits per heavy atom. The third kappa shape index (κ3) is 1.77. The molecule has 13 heavy (non-hydrogen) atoms. The second kappa shape index (κ2) is 3.43. The maximum atomic E-state index is 12.8. The van der Waals surface area contributed by atoms with Crippen LogP contribution in [0.25, 0.3) is 0 Å². The van der Waals surface area contributed by atoms with Crippen molar-refractivity contribution in [3.05, 3.63) is 23.5 Å². The van der Waals surface area contributed by atoms with Gasteiger partial charge < -0.3 is 10.5 Å². The summed E-state index contributed by atoms with van der Waals surface area (Å²) in [5, 5.41) is 0. The molecule has 4 heteroatoms. The van der Waals surface area contributed by atoms with Crippen LogP contribution >= 0.6 is 0 Å². The molecule has 0 amide bonds. The molecule has 1 aromatic rings. The maximum Gasteiger partial charge on any atom is 0.165 e. The van der Waals surface area contributed by atoms with Crippen LogP contribution in [0.3, 0.4) is 0 Å². The van der Waals surface area contributed by atoms with Gasteiger partial charge in [-0.3, -0.25) is 4.79 Å². The SMILES string of the molecule is COc1cc(F)cc(N)c1C(C)=O. The molecule has 0 saturated heterocycles. The van der Waals surface area contributed by atoms with E-state index in [-0.39, 0.29) is 22.8 Å². The number of anilines is 1. The Morgan fingerprint density at radius 3 is 2.62 bits per heavy atom. The largest absolute Gasteiger partial charge is 0.496 e. The summed E-state index contributed by atoms with van der Waals surface area (Å²) >= 11 is 0. The molecular weight excluding hydrogens is 173 g/mol. The summed E-state index contributed by atoms with van der Waals surface area (Å²) in [4.78, 5) is 11.1. The summed E-state index contributed by atoms with van der Waals surface area (Å²) in [5.74, 6) is -0.585. The molecular formula is C9H10FNO2. The Morgan fingerprint density at radius 2 is 2.15 bits per heavy atom. The van der Waals surface area contributed by atoms with Gasteiger partial charge in [0.05, 0.1) is 12.7 Å². The molecule has 0 aliphatic heterocycles. The maximum absolute atomic E-state index is 12.8. The zero-order valence-electron chi connectivity index (χ0n) is 7.43. The van der Waals surface area contributed by atoms with Gasteiger partial charge in [-0.05, 0) is 13.0 Å². The van der Waals surface area contributed by atoms with Crippen LogP contribution in [0.15, 0.2) is 12.1 Å². The number of halogens is 1. The predicted octanol–water partition coefficient (Wildman–Crippen LogP) is 1.62. The topological polar surface area (TPSA) is 52.3 Å². The van der Waals surface area contributed by atoms with E-state index in [2.05, 4.69) is 0 Å². The van der Waals surface area contributed by atoms with Crippen molar-refractivity contribution in [3.8, 4) is 5.75 Å². The zero-order chi connectivity index (χ0) is 10.0. The van der Waals surface area contributed by atoms with Crippen molar-refractivity contribution in [2.24, 2.45) is 0 Å². The van der Waals surface area contributed by atoms with Crippen LogP contribution in [0.2, 0.25) is 0 Å². The number of hydrogen-bond acceptors (Lipinski definition) is 3. The second-order valence-corrected chi connectivity index (χ2v) is 2.63. The molecule has 0 atom stereocenters. The number of rotatable bonds is 2. The highest BCUT2D eigenvalue weighted by atomic mass is 19.1. The van der Waals surface area contributed by atoms with Crippen LogP contribution in [0, 0.1) is 5.82 Å². The molecule has 70 valence electrons. The van der Waals surface area contributed by atoms with Gasteiger partial charge in [-0.1, -0.05) is 0 Å². The second-order valence-electron chi connectivity index (χ2n) is 2.63. The van der Waals surface area contributed by atoms with Gasteiger partial charge in [0.1, 0.15) is 11.6 Å². The lowest BCUT2D eigenvalue weighted by atomic mass is 10.1. The summed E-state index contributed by atoms with van der Waals surface area (Å²) in [5.41, 5.74) is 5.78. The predicted molar refractivity (Wildman–Crippen MR) is 47.4 cm³/mol. The molecule has 0 unspecified atom stereocenters. The minimum Gasteiger partial charge on any atom is -0.496 e. The van der Waals surface area contributed by atoms with E-state index in [1.54, 1.807) is 0 Å². The Balaban J connectivity index is 3.38. The smallest absolute Gasteiger partial charge is 0.165 e. The van der Waals surface area contributed by atoms with Gasteiger partial charge in [0.25, 0.3) is 0 Å². The highest BCUT2D eigenvalue weighted by molar-refractivity contribution is 6.01. The highest BCUT2D eigenvalue weighted by Crippen LogP contribution is 2.26. The monoisotopic (exact) mass is 183 g/mol. The van der Waals surface area contributed by atoms with E-state index in [0.717, 1.165) is 12.1 Å². The first kappa shape index (κ1) is 9.51. The molecule has 0 aliphatic carbocycles. The van der Waals surface area contributed by atoms with Crippen molar-refractivity contribution in [2.45, 2.75) is 6.92 Å². The third-order valence-corrected chi connectivity index (χ3v) is 1.67.